The number of nitrogens with zero attached hydrogens (tertiary/aromatic N) is 3. The van der Waals surface area contributed by atoms with E-state index >= 15 is 0 Å². The fraction of sp³-hybridized carbons (Fsp3) is 0.389. The average molecular weight is 310 g/mol. The third-order valence-electron chi connectivity index (χ3n) is 4.25. The molecule has 1 aromatic heterocycles. The maximum absolute atomic E-state index is 12.3. The van der Waals surface area contributed by atoms with Gasteiger partial charge in [0.1, 0.15) is 6.33 Å². The number of benzene rings is 1. The second kappa shape index (κ2) is 7.22. The molecule has 1 fully saturated rings. The first-order valence-corrected chi connectivity index (χ1v) is 8.16. The third kappa shape index (κ3) is 3.86. The molecule has 1 aromatic carbocycles. The number of rotatable bonds is 4. The number of amides is 1. The second-order valence-corrected chi connectivity index (χ2v) is 5.92. The summed E-state index contributed by atoms with van der Waals surface area (Å²) >= 11 is 0. The lowest BCUT2D eigenvalue weighted by Crippen LogP contribution is -2.29. The van der Waals surface area contributed by atoms with Gasteiger partial charge in [0.15, 0.2) is 0 Å². The number of piperidine rings is 1. The molecule has 0 aliphatic carbocycles. The van der Waals surface area contributed by atoms with E-state index in [9.17, 15) is 4.79 Å². The molecule has 1 saturated heterocycles. The molecule has 1 amide bonds. The molecule has 1 aliphatic heterocycles. The molecular formula is C18H22N4O. The first-order valence-electron chi connectivity index (χ1n) is 8.16. The van der Waals surface area contributed by atoms with Crippen molar-refractivity contribution in [2.45, 2.75) is 32.2 Å². The number of carbonyl (C=O) groups is 1. The van der Waals surface area contributed by atoms with Crippen molar-refractivity contribution in [1.82, 2.24) is 15.3 Å². The number of anilines is 1. The van der Waals surface area contributed by atoms with Crippen LogP contribution >= 0.6 is 0 Å². The lowest BCUT2D eigenvalue weighted by Gasteiger charge is -2.28. The Balaban J connectivity index is 1.63. The van der Waals surface area contributed by atoms with Crippen molar-refractivity contribution in [3.63, 3.8) is 0 Å². The molecular weight excluding hydrogens is 288 g/mol. The van der Waals surface area contributed by atoms with Crippen LogP contribution in [0.25, 0.3) is 0 Å². The topological polar surface area (TPSA) is 58.1 Å². The predicted octanol–water partition coefficient (Wildman–Crippen LogP) is 2.96. The van der Waals surface area contributed by atoms with Gasteiger partial charge in [-0.25, -0.2) is 9.97 Å². The molecule has 5 nitrogen and oxygen atoms in total. The van der Waals surface area contributed by atoms with Gasteiger partial charge >= 0.3 is 0 Å². The van der Waals surface area contributed by atoms with Crippen LogP contribution < -0.4 is 10.2 Å². The summed E-state index contributed by atoms with van der Waals surface area (Å²) in [6, 6.07) is 9.53. The minimum Gasteiger partial charge on any atom is -0.372 e. The maximum Gasteiger partial charge on any atom is 0.251 e. The molecule has 120 valence electrons. The Hall–Kier alpha value is -2.43. The highest BCUT2D eigenvalue weighted by Crippen LogP contribution is 2.20. The summed E-state index contributed by atoms with van der Waals surface area (Å²) in [6.45, 7) is 4.13. The first kappa shape index (κ1) is 15.5. The first-order chi connectivity index (χ1) is 11.2. The van der Waals surface area contributed by atoms with E-state index in [4.69, 9.17) is 0 Å². The number of carbonyl (C=O) groups excluding carboxylic acids is 1. The number of aromatic nitrogens is 2. The fourth-order valence-electron chi connectivity index (χ4n) is 2.89. The largest absolute Gasteiger partial charge is 0.372 e. The summed E-state index contributed by atoms with van der Waals surface area (Å²) < 4.78 is 0. The van der Waals surface area contributed by atoms with Crippen LogP contribution in [0.15, 0.2) is 42.9 Å². The summed E-state index contributed by atoms with van der Waals surface area (Å²) in [6.07, 6.45) is 6.99. The highest BCUT2D eigenvalue weighted by molar-refractivity contribution is 5.94. The van der Waals surface area contributed by atoms with Crippen LogP contribution in [-0.2, 0) is 0 Å². The van der Waals surface area contributed by atoms with E-state index in [1.807, 2.05) is 37.3 Å². The lowest BCUT2D eigenvalue weighted by molar-refractivity contribution is 0.0939. The van der Waals surface area contributed by atoms with Crippen LogP contribution in [0.1, 0.15) is 48.3 Å². The van der Waals surface area contributed by atoms with Crippen molar-refractivity contribution in [2.24, 2.45) is 0 Å². The van der Waals surface area contributed by atoms with Crippen molar-refractivity contribution in [3.8, 4) is 0 Å². The van der Waals surface area contributed by atoms with Gasteiger partial charge in [0.05, 0.1) is 11.7 Å². The molecule has 2 aromatic rings. The SMILES string of the molecule is C[C@@H](NC(=O)c1ccc(N2CCCCC2)cc1)c1ccncn1. The van der Waals surface area contributed by atoms with Gasteiger partial charge in [0, 0.05) is 30.5 Å². The van der Waals surface area contributed by atoms with Gasteiger partial charge in [-0.2, -0.15) is 0 Å². The van der Waals surface area contributed by atoms with Crippen molar-refractivity contribution in [2.75, 3.05) is 18.0 Å². The molecule has 0 bridgehead atoms. The summed E-state index contributed by atoms with van der Waals surface area (Å²) in [5, 5.41) is 2.97. The molecule has 5 heteroatoms. The van der Waals surface area contributed by atoms with Gasteiger partial charge in [-0.1, -0.05) is 0 Å². The Labute approximate surface area is 136 Å². The van der Waals surface area contributed by atoms with E-state index < -0.39 is 0 Å². The molecule has 2 heterocycles. The Morgan fingerprint density at radius 3 is 2.52 bits per heavy atom. The third-order valence-corrected chi connectivity index (χ3v) is 4.25. The van der Waals surface area contributed by atoms with Crippen LogP contribution in [-0.4, -0.2) is 29.0 Å². The van der Waals surface area contributed by atoms with E-state index in [2.05, 4.69) is 20.2 Å². The molecule has 1 aliphatic rings. The summed E-state index contributed by atoms with van der Waals surface area (Å²) in [4.78, 5) is 22.8. The molecule has 1 atom stereocenters. The summed E-state index contributed by atoms with van der Waals surface area (Å²) in [7, 11) is 0. The fourth-order valence-corrected chi connectivity index (χ4v) is 2.89. The minimum absolute atomic E-state index is 0.0821. The lowest BCUT2D eigenvalue weighted by atomic mass is 10.1. The molecule has 3 rings (SSSR count). The van der Waals surface area contributed by atoms with Gasteiger partial charge in [-0.05, 0) is 56.5 Å². The molecule has 23 heavy (non-hydrogen) atoms. The molecule has 0 spiro atoms. The number of hydrogen-bond acceptors (Lipinski definition) is 4. The van der Waals surface area contributed by atoms with Gasteiger partial charge < -0.3 is 10.2 Å². The standard InChI is InChI=1S/C18H22N4O/c1-14(17-9-10-19-13-20-17)21-18(23)15-5-7-16(8-6-15)22-11-3-2-4-12-22/h5-10,13-14H,2-4,11-12H2,1H3,(H,21,23)/t14-/m1/s1. The van der Waals surface area contributed by atoms with Crippen LogP contribution in [0, 0.1) is 0 Å². The van der Waals surface area contributed by atoms with Crippen LogP contribution in [0.5, 0.6) is 0 Å². The smallest absolute Gasteiger partial charge is 0.251 e. The van der Waals surface area contributed by atoms with Gasteiger partial charge in [-0.15, -0.1) is 0 Å². The number of nitrogens with one attached hydrogen (secondary N) is 1. The second-order valence-electron chi connectivity index (χ2n) is 5.92. The van der Waals surface area contributed by atoms with Crippen molar-refractivity contribution < 1.29 is 4.79 Å². The minimum atomic E-state index is -0.146. The normalized spacial score (nSPS) is 16.0. The Kier molecular flexibility index (Phi) is 4.86. The van der Waals surface area contributed by atoms with Gasteiger partial charge in [-0.3, -0.25) is 4.79 Å². The van der Waals surface area contributed by atoms with E-state index in [1.54, 1.807) is 6.20 Å². The molecule has 0 saturated carbocycles. The maximum atomic E-state index is 12.3. The quantitative estimate of drug-likeness (QED) is 0.943. The molecule has 0 radical (unpaired) electrons. The van der Waals surface area contributed by atoms with E-state index in [-0.39, 0.29) is 11.9 Å². The Morgan fingerprint density at radius 2 is 1.87 bits per heavy atom. The highest BCUT2D eigenvalue weighted by atomic mass is 16.1. The van der Waals surface area contributed by atoms with Gasteiger partial charge in [0.2, 0.25) is 0 Å². The van der Waals surface area contributed by atoms with Crippen molar-refractivity contribution in [1.29, 1.82) is 0 Å². The zero-order valence-corrected chi connectivity index (χ0v) is 13.4. The van der Waals surface area contributed by atoms with E-state index in [0.29, 0.717) is 5.56 Å². The van der Waals surface area contributed by atoms with Crippen LogP contribution in [0.4, 0.5) is 5.69 Å². The zero-order chi connectivity index (χ0) is 16.1. The molecule has 0 unspecified atom stereocenters. The highest BCUT2D eigenvalue weighted by Gasteiger charge is 2.14. The Bertz CT molecular complexity index is 636. The van der Waals surface area contributed by atoms with E-state index in [1.165, 1.54) is 31.3 Å². The Morgan fingerprint density at radius 1 is 1.13 bits per heavy atom. The van der Waals surface area contributed by atoms with Crippen molar-refractivity contribution in [3.05, 3.63) is 54.1 Å². The number of hydrogen-bond donors (Lipinski definition) is 1. The monoisotopic (exact) mass is 310 g/mol. The van der Waals surface area contributed by atoms with Crippen LogP contribution in [0.3, 0.4) is 0 Å². The van der Waals surface area contributed by atoms with Crippen molar-refractivity contribution >= 4 is 11.6 Å². The van der Waals surface area contributed by atoms with E-state index in [0.717, 1.165) is 18.8 Å². The summed E-state index contributed by atoms with van der Waals surface area (Å²) in [5.41, 5.74) is 2.68. The average Bonchev–Trinajstić information content (AvgIpc) is 2.63. The predicted molar refractivity (Wildman–Crippen MR) is 90.4 cm³/mol. The summed E-state index contributed by atoms with van der Waals surface area (Å²) in [5.74, 6) is -0.0821. The van der Waals surface area contributed by atoms with Gasteiger partial charge in [0.25, 0.3) is 5.91 Å². The van der Waals surface area contributed by atoms with Crippen LogP contribution in [0.2, 0.25) is 0 Å². The zero-order valence-electron chi connectivity index (χ0n) is 13.4. The molecule has 1 N–H and O–H groups in total.